The maximum absolute atomic E-state index is 13.8. The van der Waals surface area contributed by atoms with E-state index in [9.17, 15) is 23.1 Å². The number of aliphatic hydroxyl groups excluding tert-OH is 1. The Labute approximate surface area is 184 Å². The number of aromatic nitrogens is 3. The Morgan fingerprint density at radius 2 is 1.73 bits per heavy atom. The number of halogens is 3. The van der Waals surface area contributed by atoms with Gasteiger partial charge in [-0.3, -0.25) is 0 Å². The van der Waals surface area contributed by atoms with Gasteiger partial charge in [0.15, 0.2) is 17.6 Å². The zero-order valence-corrected chi connectivity index (χ0v) is 17.0. The molecule has 1 atom stereocenters. The second-order valence-electron chi connectivity index (χ2n) is 6.80. The number of nitrogens with zero attached hydrogens (tertiary/aromatic N) is 3. The molecule has 4 aromatic rings. The van der Waals surface area contributed by atoms with Gasteiger partial charge in [-0.15, -0.1) is 0 Å². The molecule has 8 nitrogen and oxygen atoms in total. The molecule has 2 aromatic heterocycles. The van der Waals surface area contributed by atoms with Crippen molar-refractivity contribution in [1.29, 1.82) is 0 Å². The van der Waals surface area contributed by atoms with Crippen molar-refractivity contribution < 1.29 is 36.9 Å². The Kier molecular flexibility index (Phi) is 5.97. The van der Waals surface area contributed by atoms with Crippen LogP contribution in [0.3, 0.4) is 0 Å². The Morgan fingerprint density at radius 3 is 2.36 bits per heavy atom. The number of aliphatic hydroxyl groups is 1. The minimum absolute atomic E-state index is 0.0143. The molecule has 1 N–H and O–H groups in total. The van der Waals surface area contributed by atoms with E-state index in [0.717, 1.165) is 0 Å². The predicted molar refractivity (Wildman–Crippen MR) is 107 cm³/mol. The molecule has 0 amide bonds. The number of carbonyl (C=O) groups is 1. The lowest BCUT2D eigenvalue weighted by molar-refractivity contribution is -0.153. The fraction of sp³-hybridized carbons (Fsp3) is 0.182. The van der Waals surface area contributed by atoms with Gasteiger partial charge in [-0.1, -0.05) is 64.9 Å². The largest absolute Gasteiger partial charge is 0.464 e. The van der Waals surface area contributed by atoms with Crippen LogP contribution in [0.1, 0.15) is 24.2 Å². The van der Waals surface area contributed by atoms with Crippen LogP contribution in [0.5, 0.6) is 0 Å². The first kappa shape index (κ1) is 22.2. The Balaban J connectivity index is 1.66. The number of carbonyl (C=O) groups excluding carboxylic acids is 1. The molecule has 0 saturated heterocycles. The summed E-state index contributed by atoms with van der Waals surface area (Å²) in [4.78, 5) is 15.7. The normalized spacial score (nSPS) is 12.5. The van der Waals surface area contributed by atoms with E-state index in [1.54, 1.807) is 25.1 Å². The average molecular weight is 459 g/mol. The standard InChI is InChI=1S/C22H16F3N3O5/c1-2-31-21(30)17(29)12-8-10-14(11-9-12)19-26-20(33-28-19)16-15(22(23,24)25)18(32-27-16)13-6-4-3-5-7-13/h3-11,17,29H,2H2,1H3/t17-/m1/s1. The minimum atomic E-state index is -4.79. The van der Waals surface area contributed by atoms with Gasteiger partial charge in [0.2, 0.25) is 5.82 Å². The molecule has 0 unspecified atom stereocenters. The topological polar surface area (TPSA) is 111 Å². The lowest BCUT2D eigenvalue weighted by Crippen LogP contribution is -2.15. The van der Waals surface area contributed by atoms with Crippen molar-refractivity contribution >= 4 is 5.97 Å². The van der Waals surface area contributed by atoms with Gasteiger partial charge < -0.3 is 18.9 Å². The van der Waals surface area contributed by atoms with Crippen LogP contribution >= 0.6 is 0 Å². The van der Waals surface area contributed by atoms with Gasteiger partial charge in [-0.2, -0.15) is 18.2 Å². The molecular formula is C22H16F3N3O5. The summed E-state index contributed by atoms with van der Waals surface area (Å²) in [5, 5.41) is 17.2. The lowest BCUT2D eigenvalue weighted by atomic mass is 10.1. The third kappa shape index (κ3) is 4.48. The molecule has 0 saturated carbocycles. The smallest absolute Gasteiger partial charge is 0.422 e. The quantitative estimate of drug-likeness (QED) is 0.414. The highest BCUT2D eigenvalue weighted by atomic mass is 19.4. The summed E-state index contributed by atoms with van der Waals surface area (Å²) in [5.74, 6) is -1.75. The van der Waals surface area contributed by atoms with Gasteiger partial charge in [-0.05, 0) is 12.5 Å². The van der Waals surface area contributed by atoms with Crippen molar-refractivity contribution in [3.8, 4) is 34.3 Å². The number of hydrogen-bond donors (Lipinski definition) is 1. The number of benzene rings is 2. The first-order valence-electron chi connectivity index (χ1n) is 9.71. The highest BCUT2D eigenvalue weighted by Crippen LogP contribution is 2.43. The second-order valence-corrected chi connectivity index (χ2v) is 6.80. The summed E-state index contributed by atoms with van der Waals surface area (Å²) in [6.07, 6.45) is -6.26. The van der Waals surface area contributed by atoms with Crippen LogP contribution in [0.25, 0.3) is 34.3 Å². The fourth-order valence-corrected chi connectivity index (χ4v) is 3.09. The summed E-state index contributed by atoms with van der Waals surface area (Å²) < 4.78 is 56.3. The average Bonchev–Trinajstić information content (AvgIpc) is 3.47. The summed E-state index contributed by atoms with van der Waals surface area (Å²) in [6.45, 7) is 1.73. The van der Waals surface area contributed by atoms with E-state index in [1.165, 1.54) is 36.4 Å². The molecule has 0 bridgehead atoms. The van der Waals surface area contributed by atoms with Gasteiger partial charge in [0, 0.05) is 11.1 Å². The Bertz CT molecular complexity index is 1250. The van der Waals surface area contributed by atoms with Gasteiger partial charge >= 0.3 is 12.1 Å². The van der Waals surface area contributed by atoms with Crippen molar-refractivity contribution in [3.63, 3.8) is 0 Å². The van der Waals surface area contributed by atoms with E-state index in [4.69, 9.17) is 13.8 Å². The summed E-state index contributed by atoms with van der Waals surface area (Å²) in [7, 11) is 0. The maximum Gasteiger partial charge on any atom is 0.422 e. The highest BCUT2D eigenvalue weighted by molar-refractivity contribution is 5.76. The molecule has 170 valence electrons. The fourth-order valence-electron chi connectivity index (χ4n) is 3.09. The monoisotopic (exact) mass is 459 g/mol. The van der Waals surface area contributed by atoms with Crippen molar-refractivity contribution in [2.45, 2.75) is 19.2 Å². The number of rotatable bonds is 6. The van der Waals surface area contributed by atoms with E-state index in [2.05, 4.69) is 15.3 Å². The van der Waals surface area contributed by atoms with E-state index in [0.29, 0.717) is 5.56 Å². The molecular weight excluding hydrogens is 443 g/mol. The van der Waals surface area contributed by atoms with Crippen LogP contribution in [0.4, 0.5) is 13.2 Å². The first-order valence-corrected chi connectivity index (χ1v) is 9.71. The van der Waals surface area contributed by atoms with Crippen LogP contribution in [-0.4, -0.2) is 33.0 Å². The summed E-state index contributed by atoms with van der Waals surface area (Å²) in [6, 6.07) is 13.6. The van der Waals surface area contributed by atoms with Crippen LogP contribution < -0.4 is 0 Å². The molecule has 2 aromatic carbocycles. The van der Waals surface area contributed by atoms with Crippen molar-refractivity contribution in [1.82, 2.24) is 15.3 Å². The predicted octanol–water partition coefficient (Wildman–Crippen LogP) is 4.67. The van der Waals surface area contributed by atoms with Gasteiger partial charge in [0.25, 0.3) is 5.89 Å². The van der Waals surface area contributed by atoms with Crippen molar-refractivity contribution in [3.05, 3.63) is 65.7 Å². The Morgan fingerprint density at radius 1 is 1.03 bits per heavy atom. The van der Waals surface area contributed by atoms with Crippen LogP contribution in [0.15, 0.2) is 63.6 Å². The molecule has 0 aliphatic heterocycles. The highest BCUT2D eigenvalue weighted by Gasteiger charge is 2.42. The first-order chi connectivity index (χ1) is 15.8. The Hall–Kier alpha value is -3.99. The van der Waals surface area contributed by atoms with Crippen LogP contribution in [0, 0.1) is 0 Å². The van der Waals surface area contributed by atoms with Gasteiger partial charge in [-0.25, -0.2) is 4.79 Å². The molecule has 11 heteroatoms. The number of esters is 1. The number of hydrogen-bond acceptors (Lipinski definition) is 8. The van der Waals surface area contributed by atoms with Gasteiger partial charge in [0.05, 0.1) is 6.61 Å². The van der Waals surface area contributed by atoms with Crippen molar-refractivity contribution in [2.75, 3.05) is 6.61 Å². The lowest BCUT2D eigenvalue weighted by Gasteiger charge is -2.09. The number of ether oxygens (including phenoxy) is 1. The van der Waals surface area contributed by atoms with Gasteiger partial charge in [0.1, 0.15) is 5.56 Å². The molecule has 0 aliphatic carbocycles. The molecule has 0 radical (unpaired) electrons. The van der Waals surface area contributed by atoms with Crippen molar-refractivity contribution in [2.24, 2.45) is 0 Å². The molecule has 2 heterocycles. The second kappa shape index (κ2) is 8.87. The SMILES string of the molecule is CCOC(=O)[C@H](O)c1ccc(-c2noc(-c3noc(-c4ccccc4)c3C(F)(F)F)n2)cc1. The maximum atomic E-state index is 13.8. The molecule has 0 spiro atoms. The van der Waals surface area contributed by atoms with E-state index < -0.39 is 41.2 Å². The third-order valence-electron chi connectivity index (χ3n) is 4.63. The summed E-state index contributed by atoms with van der Waals surface area (Å²) in [5.41, 5.74) is -0.917. The minimum Gasteiger partial charge on any atom is -0.464 e. The van der Waals surface area contributed by atoms with Crippen LogP contribution in [-0.2, 0) is 15.7 Å². The van der Waals surface area contributed by atoms with Crippen LogP contribution in [0.2, 0.25) is 0 Å². The molecule has 0 aliphatic rings. The third-order valence-corrected chi connectivity index (χ3v) is 4.63. The van der Waals surface area contributed by atoms with E-state index in [1.807, 2.05) is 0 Å². The summed E-state index contributed by atoms with van der Waals surface area (Å²) >= 11 is 0. The number of alkyl halides is 3. The van der Waals surface area contributed by atoms with E-state index >= 15 is 0 Å². The molecule has 0 fully saturated rings. The van der Waals surface area contributed by atoms with E-state index in [-0.39, 0.29) is 23.6 Å². The zero-order valence-electron chi connectivity index (χ0n) is 17.0. The molecule has 4 rings (SSSR count). The molecule has 33 heavy (non-hydrogen) atoms. The zero-order chi connectivity index (χ0) is 23.6.